The molecule has 1 aromatic heterocycles. The predicted molar refractivity (Wildman–Crippen MR) is 87.1 cm³/mol. The second-order valence-corrected chi connectivity index (χ2v) is 6.10. The summed E-state index contributed by atoms with van der Waals surface area (Å²) >= 11 is 7.12. The fourth-order valence-corrected chi connectivity index (χ4v) is 2.83. The van der Waals surface area contributed by atoms with E-state index in [1.165, 1.54) is 11.3 Å². The Morgan fingerprint density at radius 2 is 2.19 bits per heavy atom. The lowest BCUT2D eigenvalue weighted by Gasteiger charge is -2.05. The Morgan fingerprint density at radius 1 is 1.38 bits per heavy atom. The Labute approximate surface area is 132 Å². The average molecular weight is 323 g/mol. The van der Waals surface area contributed by atoms with E-state index in [0.29, 0.717) is 15.8 Å². The largest absolute Gasteiger partial charge is 0.494 e. The van der Waals surface area contributed by atoms with Gasteiger partial charge in [-0.25, -0.2) is 4.79 Å². The topological polar surface area (TPSA) is 46.5 Å². The van der Waals surface area contributed by atoms with Crippen LogP contribution in [0.5, 0.6) is 5.75 Å². The van der Waals surface area contributed by atoms with Gasteiger partial charge in [-0.1, -0.05) is 30.7 Å². The number of ether oxygens (including phenoxy) is 1. The van der Waals surface area contributed by atoms with Gasteiger partial charge in [0.25, 0.3) is 0 Å². The maximum atomic E-state index is 11.4. The Bertz CT molecular complexity index is 661. The SMILES string of the molecule is CCCOc1cccc(/C=C(\C(=O)O)c2ccc(Cl)s2)c1. The van der Waals surface area contributed by atoms with Crippen LogP contribution in [-0.4, -0.2) is 17.7 Å². The van der Waals surface area contributed by atoms with Crippen LogP contribution in [0.3, 0.4) is 0 Å². The molecule has 0 aliphatic carbocycles. The molecule has 0 aliphatic rings. The fourth-order valence-electron chi connectivity index (χ4n) is 1.78. The number of hydrogen-bond acceptors (Lipinski definition) is 3. The van der Waals surface area contributed by atoms with E-state index >= 15 is 0 Å². The highest BCUT2D eigenvalue weighted by molar-refractivity contribution is 7.17. The molecular weight excluding hydrogens is 308 g/mol. The van der Waals surface area contributed by atoms with E-state index < -0.39 is 5.97 Å². The Balaban J connectivity index is 2.32. The lowest BCUT2D eigenvalue weighted by Crippen LogP contribution is -1.98. The summed E-state index contributed by atoms with van der Waals surface area (Å²) in [5.41, 5.74) is 1.00. The quantitative estimate of drug-likeness (QED) is 0.776. The first-order valence-electron chi connectivity index (χ1n) is 6.53. The van der Waals surface area contributed by atoms with Gasteiger partial charge in [-0.3, -0.25) is 0 Å². The molecule has 1 aromatic carbocycles. The van der Waals surface area contributed by atoms with E-state index in [2.05, 4.69) is 0 Å². The van der Waals surface area contributed by atoms with Crippen molar-refractivity contribution in [2.24, 2.45) is 0 Å². The van der Waals surface area contributed by atoms with Crippen LogP contribution in [0.2, 0.25) is 4.34 Å². The third-order valence-electron chi connectivity index (χ3n) is 2.71. The van der Waals surface area contributed by atoms with Gasteiger partial charge in [0.1, 0.15) is 5.75 Å². The molecule has 0 aliphatic heterocycles. The van der Waals surface area contributed by atoms with E-state index in [1.807, 2.05) is 31.2 Å². The van der Waals surface area contributed by atoms with Crippen LogP contribution in [0.4, 0.5) is 0 Å². The molecule has 0 amide bonds. The molecule has 0 atom stereocenters. The van der Waals surface area contributed by atoms with Gasteiger partial charge in [0.05, 0.1) is 16.5 Å². The monoisotopic (exact) mass is 322 g/mol. The van der Waals surface area contributed by atoms with Gasteiger partial charge in [-0.2, -0.15) is 0 Å². The summed E-state index contributed by atoms with van der Waals surface area (Å²) in [6.07, 6.45) is 2.55. The minimum Gasteiger partial charge on any atom is -0.494 e. The van der Waals surface area contributed by atoms with Crippen molar-refractivity contribution in [1.29, 1.82) is 0 Å². The maximum Gasteiger partial charge on any atom is 0.337 e. The van der Waals surface area contributed by atoms with Crippen LogP contribution in [0.25, 0.3) is 11.6 Å². The number of aliphatic carboxylic acids is 1. The standard InChI is InChI=1S/C16H15ClO3S/c1-2-8-20-12-5-3-4-11(9-12)10-13(16(18)19)14-6-7-15(17)21-14/h3-7,9-10H,2,8H2,1H3,(H,18,19)/b13-10-. The molecule has 0 saturated heterocycles. The van der Waals surface area contributed by atoms with E-state index in [0.717, 1.165) is 17.7 Å². The van der Waals surface area contributed by atoms with Gasteiger partial charge in [0.15, 0.2) is 0 Å². The minimum absolute atomic E-state index is 0.222. The van der Waals surface area contributed by atoms with Gasteiger partial charge >= 0.3 is 5.97 Å². The summed E-state index contributed by atoms with van der Waals surface area (Å²) in [4.78, 5) is 12.1. The smallest absolute Gasteiger partial charge is 0.337 e. The summed E-state index contributed by atoms with van der Waals surface area (Å²) in [5, 5.41) is 9.37. The normalized spacial score (nSPS) is 11.4. The molecule has 0 radical (unpaired) electrons. The van der Waals surface area contributed by atoms with Crippen molar-refractivity contribution in [1.82, 2.24) is 0 Å². The Hall–Kier alpha value is -1.78. The van der Waals surface area contributed by atoms with Crippen LogP contribution < -0.4 is 4.74 Å². The third kappa shape index (κ3) is 4.34. The number of hydrogen-bond donors (Lipinski definition) is 1. The average Bonchev–Trinajstić information content (AvgIpc) is 2.89. The number of benzene rings is 1. The van der Waals surface area contributed by atoms with Crippen molar-refractivity contribution in [3.8, 4) is 5.75 Å². The Morgan fingerprint density at radius 3 is 2.81 bits per heavy atom. The zero-order valence-corrected chi connectivity index (χ0v) is 13.1. The highest BCUT2D eigenvalue weighted by Gasteiger charge is 2.13. The van der Waals surface area contributed by atoms with Gasteiger partial charge in [0, 0.05) is 4.88 Å². The molecule has 0 fully saturated rings. The minimum atomic E-state index is -0.978. The fraction of sp³-hybridized carbons (Fsp3) is 0.188. The first kappa shape index (κ1) is 15.6. The number of halogens is 1. The summed E-state index contributed by atoms with van der Waals surface area (Å²) in [6, 6.07) is 10.8. The summed E-state index contributed by atoms with van der Waals surface area (Å²) < 4.78 is 6.12. The highest BCUT2D eigenvalue weighted by atomic mass is 35.5. The van der Waals surface area contributed by atoms with E-state index in [9.17, 15) is 9.90 Å². The second kappa shape index (κ2) is 7.29. The van der Waals surface area contributed by atoms with Crippen molar-refractivity contribution in [2.75, 3.05) is 6.61 Å². The number of carboxylic acid groups (broad SMARTS) is 1. The molecule has 110 valence electrons. The highest BCUT2D eigenvalue weighted by Crippen LogP contribution is 2.29. The van der Waals surface area contributed by atoms with Crippen LogP contribution in [0.1, 0.15) is 23.8 Å². The number of carboxylic acids is 1. The molecule has 0 bridgehead atoms. The van der Waals surface area contributed by atoms with Crippen molar-refractivity contribution >= 4 is 40.6 Å². The van der Waals surface area contributed by atoms with Crippen LogP contribution >= 0.6 is 22.9 Å². The van der Waals surface area contributed by atoms with Gasteiger partial charge in [-0.15, -0.1) is 11.3 Å². The zero-order valence-electron chi connectivity index (χ0n) is 11.5. The van der Waals surface area contributed by atoms with E-state index in [1.54, 1.807) is 18.2 Å². The van der Waals surface area contributed by atoms with Crippen molar-refractivity contribution in [3.05, 3.63) is 51.2 Å². The molecule has 0 saturated carbocycles. The molecule has 0 spiro atoms. The molecule has 1 heterocycles. The van der Waals surface area contributed by atoms with Crippen LogP contribution in [0, 0.1) is 0 Å². The van der Waals surface area contributed by atoms with Gasteiger partial charge in [0.2, 0.25) is 0 Å². The second-order valence-electron chi connectivity index (χ2n) is 4.39. The summed E-state index contributed by atoms with van der Waals surface area (Å²) in [7, 11) is 0. The lowest BCUT2D eigenvalue weighted by molar-refractivity contribution is -0.130. The maximum absolute atomic E-state index is 11.4. The Kier molecular flexibility index (Phi) is 5.42. The molecule has 2 rings (SSSR count). The first-order chi connectivity index (χ1) is 10.1. The molecular formula is C16H15ClO3S. The summed E-state index contributed by atoms with van der Waals surface area (Å²) in [6.45, 7) is 2.67. The molecule has 21 heavy (non-hydrogen) atoms. The first-order valence-corrected chi connectivity index (χ1v) is 7.73. The van der Waals surface area contributed by atoms with Crippen molar-refractivity contribution in [2.45, 2.75) is 13.3 Å². The number of thiophene rings is 1. The molecule has 2 aromatic rings. The van der Waals surface area contributed by atoms with Crippen LogP contribution in [-0.2, 0) is 4.79 Å². The third-order valence-corrected chi connectivity index (χ3v) is 3.98. The predicted octanol–water partition coefficient (Wildman–Crippen LogP) is 4.82. The summed E-state index contributed by atoms with van der Waals surface area (Å²) in [5.74, 6) is -0.243. The lowest BCUT2D eigenvalue weighted by atomic mass is 10.1. The molecule has 5 heteroatoms. The zero-order chi connectivity index (χ0) is 15.2. The van der Waals surface area contributed by atoms with Crippen LogP contribution in [0.15, 0.2) is 36.4 Å². The molecule has 3 nitrogen and oxygen atoms in total. The van der Waals surface area contributed by atoms with Gasteiger partial charge < -0.3 is 9.84 Å². The van der Waals surface area contributed by atoms with Crippen molar-refractivity contribution < 1.29 is 14.6 Å². The number of rotatable bonds is 6. The number of carbonyl (C=O) groups is 1. The van der Waals surface area contributed by atoms with E-state index in [4.69, 9.17) is 16.3 Å². The van der Waals surface area contributed by atoms with E-state index in [-0.39, 0.29) is 5.57 Å². The molecule has 1 N–H and O–H groups in total. The van der Waals surface area contributed by atoms with Crippen molar-refractivity contribution in [3.63, 3.8) is 0 Å². The molecule has 0 unspecified atom stereocenters. The van der Waals surface area contributed by atoms with Gasteiger partial charge in [-0.05, 0) is 42.3 Å².